The van der Waals surface area contributed by atoms with Crippen LogP contribution in [0.1, 0.15) is 40.4 Å². The molecule has 3 fully saturated rings. The van der Waals surface area contributed by atoms with E-state index in [1.165, 1.54) is 7.11 Å². The molecule has 14 nitrogen and oxygen atoms in total. The van der Waals surface area contributed by atoms with Crippen LogP contribution in [0.2, 0.25) is 0 Å². The standard InChI is InChI=1S/C49H48N4O10/c1-59-29-30-62-48(58)52-39-18-9-8-17-38(39)49(47(52)57)40(45(55)50-35-19-21-36(22-20-35)51-23-26-60-27-24-51)42-46(56)63-43(33-13-6-3-7-14-33)41(32-11-4-2-5-12-32)53(42)44(49)34-15-10-16-37(31-34)61-28-25-54/h2-22,31,40-44,54H,23-30H2,1H3,(H,50,55)/t40-,41-,42-,43+,44+,49-/m1/s1. The molecule has 0 unspecified atom stereocenters. The summed E-state index contributed by atoms with van der Waals surface area (Å²) in [5, 5.41) is 12.8. The highest BCUT2D eigenvalue weighted by Crippen LogP contribution is 2.66. The number of fused-ring (bicyclic) bond motifs is 3. The van der Waals surface area contributed by atoms with Gasteiger partial charge in [0.1, 0.15) is 36.5 Å². The SMILES string of the molecule is COCCOC(=O)N1C(=O)[C@@]2(c3ccccc31)[C@H](c1cccc(OCCO)c1)N1[C@H](c3ccccc3)[C@H](c3ccccc3)OC(=O)[C@H]1[C@@H]2C(=O)Nc1ccc(N2CCOCC2)cc1. The second-order valence-corrected chi connectivity index (χ2v) is 15.8. The van der Waals surface area contributed by atoms with Gasteiger partial charge in [0, 0.05) is 31.6 Å². The van der Waals surface area contributed by atoms with Crippen LogP contribution in [0.5, 0.6) is 5.75 Å². The van der Waals surface area contributed by atoms with Gasteiger partial charge in [-0.15, -0.1) is 0 Å². The third kappa shape index (κ3) is 7.48. The van der Waals surface area contributed by atoms with Gasteiger partial charge in [0.05, 0.1) is 50.1 Å². The topological polar surface area (TPSA) is 156 Å². The van der Waals surface area contributed by atoms with E-state index in [-0.39, 0.29) is 32.1 Å². The van der Waals surface area contributed by atoms with Crippen molar-refractivity contribution in [2.75, 3.05) is 75.0 Å². The summed E-state index contributed by atoms with van der Waals surface area (Å²) in [5.41, 5.74) is 2.04. The van der Waals surface area contributed by atoms with E-state index in [2.05, 4.69) is 10.2 Å². The number of morpholine rings is 2. The predicted octanol–water partition coefficient (Wildman–Crippen LogP) is 5.98. The number of ether oxygens (including phenoxy) is 5. The zero-order valence-electron chi connectivity index (χ0n) is 34.7. The number of nitrogens with zero attached hydrogens (tertiary/aromatic N) is 3. The summed E-state index contributed by atoms with van der Waals surface area (Å²) in [6.45, 7) is 2.37. The number of rotatable bonds is 12. The Morgan fingerprint density at radius 1 is 0.778 bits per heavy atom. The maximum atomic E-state index is 16.1. The van der Waals surface area contributed by atoms with Gasteiger partial charge in [-0.1, -0.05) is 91.0 Å². The summed E-state index contributed by atoms with van der Waals surface area (Å²) >= 11 is 0. The Kier molecular flexibility index (Phi) is 11.9. The molecule has 0 saturated carbocycles. The van der Waals surface area contributed by atoms with Crippen LogP contribution < -0.4 is 19.9 Å². The fourth-order valence-electron chi connectivity index (χ4n) is 9.86. The molecule has 0 radical (unpaired) electrons. The monoisotopic (exact) mass is 852 g/mol. The first-order valence-corrected chi connectivity index (χ1v) is 21.1. The number of hydrogen-bond donors (Lipinski definition) is 2. The first-order chi connectivity index (χ1) is 30.9. The van der Waals surface area contributed by atoms with E-state index in [9.17, 15) is 9.90 Å². The van der Waals surface area contributed by atoms with Crippen LogP contribution in [-0.4, -0.2) is 99.8 Å². The quantitative estimate of drug-likeness (QED) is 0.112. The molecular weight excluding hydrogens is 805 g/mol. The van der Waals surface area contributed by atoms with E-state index >= 15 is 14.4 Å². The number of methoxy groups -OCH3 is 1. The second kappa shape index (κ2) is 18.0. The Morgan fingerprint density at radius 2 is 1.46 bits per heavy atom. The Hall–Kier alpha value is -6.58. The minimum absolute atomic E-state index is 0.00113. The van der Waals surface area contributed by atoms with Crippen LogP contribution in [0.4, 0.5) is 21.9 Å². The number of hydrogen-bond acceptors (Lipinski definition) is 12. The van der Waals surface area contributed by atoms with Gasteiger partial charge in [-0.05, 0) is 64.7 Å². The van der Waals surface area contributed by atoms with Crippen molar-refractivity contribution in [3.8, 4) is 5.75 Å². The molecule has 4 heterocycles. The molecule has 1 spiro atoms. The van der Waals surface area contributed by atoms with Crippen molar-refractivity contribution in [1.29, 1.82) is 0 Å². The normalized spacial score (nSPS) is 24.1. The third-order valence-corrected chi connectivity index (χ3v) is 12.4. The summed E-state index contributed by atoms with van der Waals surface area (Å²) in [7, 11) is 1.47. The molecule has 3 amide bonds. The minimum Gasteiger partial charge on any atom is -0.491 e. The molecule has 2 N–H and O–H groups in total. The van der Waals surface area contributed by atoms with Crippen LogP contribution in [0, 0.1) is 5.92 Å². The van der Waals surface area contributed by atoms with Crippen LogP contribution in [0.15, 0.2) is 133 Å². The van der Waals surface area contributed by atoms with Crippen LogP contribution >= 0.6 is 0 Å². The lowest BCUT2D eigenvalue weighted by molar-refractivity contribution is -0.177. The number of carbonyl (C=O) groups is 4. The van der Waals surface area contributed by atoms with E-state index in [0.717, 1.165) is 29.2 Å². The van der Waals surface area contributed by atoms with Gasteiger partial charge in [0.15, 0.2) is 0 Å². The number of amides is 3. The first-order valence-electron chi connectivity index (χ1n) is 21.1. The number of aliphatic hydroxyl groups excluding tert-OH is 1. The Balaban J connectivity index is 1.28. The molecule has 3 saturated heterocycles. The molecule has 14 heteroatoms. The molecule has 0 aliphatic carbocycles. The number of esters is 1. The first kappa shape index (κ1) is 41.8. The van der Waals surface area contributed by atoms with Gasteiger partial charge < -0.3 is 39.0 Å². The van der Waals surface area contributed by atoms with E-state index in [4.69, 9.17) is 23.7 Å². The number of cyclic esters (lactones) is 1. The highest BCUT2D eigenvalue weighted by molar-refractivity contribution is 6.24. The Bertz CT molecular complexity index is 2450. The van der Waals surface area contributed by atoms with Crippen LogP contribution in [0.3, 0.4) is 0 Å². The van der Waals surface area contributed by atoms with Gasteiger partial charge in [-0.3, -0.25) is 19.3 Å². The molecule has 9 rings (SSSR count). The lowest BCUT2D eigenvalue weighted by atomic mass is 9.65. The molecule has 324 valence electrons. The summed E-state index contributed by atoms with van der Waals surface area (Å²) in [5.74, 6) is -3.17. The summed E-state index contributed by atoms with van der Waals surface area (Å²) in [4.78, 5) is 66.3. The molecule has 5 aromatic carbocycles. The van der Waals surface area contributed by atoms with Crippen LogP contribution in [-0.2, 0) is 38.7 Å². The number of imide groups is 1. The summed E-state index contributed by atoms with van der Waals surface area (Å²) in [6, 6.07) is 37.1. The Labute approximate surface area is 364 Å². The number of carbonyl (C=O) groups excluding carboxylic acids is 4. The smallest absolute Gasteiger partial charge is 0.421 e. The molecule has 0 bridgehead atoms. The summed E-state index contributed by atoms with van der Waals surface area (Å²) < 4.78 is 28.8. The number of aliphatic hydroxyl groups is 1. The highest BCUT2D eigenvalue weighted by Gasteiger charge is 2.75. The van der Waals surface area contributed by atoms with Crippen molar-refractivity contribution in [3.63, 3.8) is 0 Å². The average Bonchev–Trinajstić information content (AvgIpc) is 3.79. The zero-order valence-corrected chi connectivity index (χ0v) is 34.7. The molecule has 4 aliphatic heterocycles. The fourth-order valence-corrected chi connectivity index (χ4v) is 9.86. The van der Waals surface area contributed by atoms with Gasteiger partial charge in [-0.2, -0.15) is 0 Å². The molecule has 4 aliphatic rings. The van der Waals surface area contributed by atoms with Crippen molar-refractivity contribution in [1.82, 2.24) is 4.90 Å². The van der Waals surface area contributed by atoms with Crippen molar-refractivity contribution in [2.24, 2.45) is 5.92 Å². The molecule has 5 aromatic rings. The van der Waals surface area contributed by atoms with E-state index in [0.29, 0.717) is 41.3 Å². The highest BCUT2D eigenvalue weighted by atomic mass is 16.6. The molecule has 63 heavy (non-hydrogen) atoms. The lowest BCUT2D eigenvalue weighted by Crippen LogP contribution is -2.54. The number of benzene rings is 5. The number of para-hydroxylation sites is 1. The summed E-state index contributed by atoms with van der Waals surface area (Å²) in [6.07, 6.45) is -1.84. The largest absolute Gasteiger partial charge is 0.491 e. The fraction of sp³-hybridized carbons (Fsp3) is 0.306. The molecule has 0 aromatic heterocycles. The Morgan fingerprint density at radius 3 is 2.17 bits per heavy atom. The third-order valence-electron chi connectivity index (χ3n) is 12.4. The van der Waals surface area contributed by atoms with E-state index < -0.39 is 59.4 Å². The van der Waals surface area contributed by atoms with Crippen LogP contribution in [0.25, 0.3) is 0 Å². The zero-order chi connectivity index (χ0) is 43.5. The van der Waals surface area contributed by atoms with Crippen molar-refractivity contribution < 1.29 is 48.0 Å². The van der Waals surface area contributed by atoms with Crippen molar-refractivity contribution >= 4 is 40.9 Å². The van der Waals surface area contributed by atoms with E-state index in [1.54, 1.807) is 54.6 Å². The minimum atomic E-state index is -1.95. The average molecular weight is 853 g/mol. The van der Waals surface area contributed by atoms with Gasteiger partial charge >= 0.3 is 12.1 Å². The van der Waals surface area contributed by atoms with Gasteiger partial charge in [-0.25, -0.2) is 9.69 Å². The number of anilines is 3. The van der Waals surface area contributed by atoms with Crippen molar-refractivity contribution in [3.05, 3.63) is 156 Å². The molecule has 6 atom stereocenters. The maximum Gasteiger partial charge on any atom is 0.421 e. The maximum absolute atomic E-state index is 16.1. The lowest BCUT2D eigenvalue weighted by Gasteiger charge is -2.46. The second-order valence-electron chi connectivity index (χ2n) is 15.8. The molecular formula is C49H48N4O10. The van der Waals surface area contributed by atoms with E-state index in [1.807, 2.05) is 83.8 Å². The van der Waals surface area contributed by atoms with Gasteiger partial charge in [0.2, 0.25) is 11.8 Å². The van der Waals surface area contributed by atoms with Crippen molar-refractivity contribution in [2.45, 2.75) is 29.6 Å². The van der Waals surface area contributed by atoms with Gasteiger partial charge in [0.25, 0.3) is 0 Å². The predicted molar refractivity (Wildman–Crippen MR) is 232 cm³/mol. The number of nitrogens with one attached hydrogen (secondary N) is 1.